The van der Waals surface area contributed by atoms with E-state index in [0.717, 1.165) is 0 Å². The summed E-state index contributed by atoms with van der Waals surface area (Å²) < 4.78 is 23.7. The minimum absolute atomic E-state index is 0.269. The number of pyridine rings is 1. The minimum Gasteiger partial charge on any atom is -0.465 e. The van der Waals surface area contributed by atoms with Gasteiger partial charge in [-0.2, -0.15) is 10.2 Å². The molecule has 4 aromatic heterocycles. The van der Waals surface area contributed by atoms with Gasteiger partial charge in [-0.05, 0) is 12.1 Å². The molecule has 0 amide bonds. The Balaban J connectivity index is 1.67. The predicted molar refractivity (Wildman–Crippen MR) is 122 cm³/mol. The number of benzene rings is 1. The van der Waals surface area contributed by atoms with Crippen LogP contribution < -0.4 is 5.32 Å². The monoisotopic (exact) mass is 445 g/mol. The van der Waals surface area contributed by atoms with Gasteiger partial charge in [0, 0.05) is 66.5 Å². The average Bonchev–Trinajstić information content (AvgIpc) is 3.54. The van der Waals surface area contributed by atoms with E-state index in [1.54, 1.807) is 72.4 Å². The van der Waals surface area contributed by atoms with E-state index in [0.29, 0.717) is 44.9 Å². The molecule has 0 radical (unpaired) electrons. The summed E-state index contributed by atoms with van der Waals surface area (Å²) in [5.41, 5.74) is 2.75. The van der Waals surface area contributed by atoms with Gasteiger partial charge in [-0.3, -0.25) is 9.36 Å². The fourth-order valence-corrected chi connectivity index (χ4v) is 3.76. The van der Waals surface area contributed by atoms with Crippen LogP contribution in [0.5, 0.6) is 0 Å². The molecular weight excluding hydrogens is 425 g/mol. The fourth-order valence-electron chi connectivity index (χ4n) is 3.76. The van der Waals surface area contributed by atoms with Gasteiger partial charge in [0.2, 0.25) is 0 Å². The molecule has 10 heteroatoms. The molecule has 1 aromatic carbocycles. The van der Waals surface area contributed by atoms with Gasteiger partial charge in [0.15, 0.2) is 11.6 Å². The van der Waals surface area contributed by atoms with Crippen LogP contribution >= 0.6 is 0 Å². The standard InChI is InChI=1S/C23H20FN7O2/c1-30-8-7-19(29-30)28-22-21-16(17(11-25-22)23(32)33-3)9-18(27-21)15-6-4-5-14(20(15)24)13-10-26-31(2)12-13/h4-12,27H,1-3H3,(H,25,28,29). The molecule has 4 heterocycles. The molecule has 0 fully saturated rings. The van der Waals surface area contributed by atoms with E-state index in [-0.39, 0.29) is 5.56 Å². The number of carbonyl (C=O) groups excluding carboxylic acids is 1. The number of halogens is 1. The molecule has 0 aliphatic rings. The number of aromatic amines is 1. The second kappa shape index (κ2) is 7.90. The third kappa shape index (κ3) is 3.61. The largest absolute Gasteiger partial charge is 0.465 e. The summed E-state index contributed by atoms with van der Waals surface area (Å²) in [5, 5.41) is 12.1. The zero-order chi connectivity index (χ0) is 23.1. The second-order valence-electron chi connectivity index (χ2n) is 7.55. The molecule has 2 N–H and O–H groups in total. The van der Waals surface area contributed by atoms with Crippen LogP contribution in [0.15, 0.2) is 55.1 Å². The lowest BCUT2D eigenvalue weighted by molar-refractivity contribution is 0.0602. The van der Waals surface area contributed by atoms with E-state index in [1.807, 2.05) is 0 Å². The van der Waals surface area contributed by atoms with Crippen molar-refractivity contribution in [3.63, 3.8) is 0 Å². The molecule has 0 aliphatic heterocycles. The summed E-state index contributed by atoms with van der Waals surface area (Å²) in [5.74, 6) is 0.0975. The summed E-state index contributed by atoms with van der Waals surface area (Å²) in [4.78, 5) is 20.0. The Morgan fingerprint density at radius 2 is 1.97 bits per heavy atom. The van der Waals surface area contributed by atoms with E-state index in [9.17, 15) is 4.79 Å². The first-order valence-electron chi connectivity index (χ1n) is 10.1. The van der Waals surface area contributed by atoms with Gasteiger partial charge in [0.1, 0.15) is 5.82 Å². The van der Waals surface area contributed by atoms with E-state index < -0.39 is 11.8 Å². The summed E-state index contributed by atoms with van der Waals surface area (Å²) >= 11 is 0. The first-order valence-corrected chi connectivity index (χ1v) is 10.1. The lowest BCUT2D eigenvalue weighted by Crippen LogP contribution is -2.04. The first kappa shape index (κ1) is 20.4. The molecule has 0 atom stereocenters. The maximum atomic E-state index is 15.6. The van der Waals surface area contributed by atoms with Crippen LogP contribution in [0.4, 0.5) is 16.0 Å². The van der Waals surface area contributed by atoms with Crippen molar-refractivity contribution in [1.82, 2.24) is 29.5 Å². The van der Waals surface area contributed by atoms with Crippen molar-refractivity contribution in [3.8, 4) is 22.4 Å². The number of ether oxygens (including phenoxy) is 1. The zero-order valence-electron chi connectivity index (χ0n) is 18.1. The Labute approximate surface area is 187 Å². The lowest BCUT2D eigenvalue weighted by atomic mass is 10.0. The van der Waals surface area contributed by atoms with Crippen molar-refractivity contribution >= 4 is 28.5 Å². The Morgan fingerprint density at radius 3 is 2.67 bits per heavy atom. The maximum Gasteiger partial charge on any atom is 0.340 e. The highest BCUT2D eigenvalue weighted by molar-refractivity contribution is 6.08. The molecule has 166 valence electrons. The lowest BCUT2D eigenvalue weighted by Gasteiger charge is -2.07. The van der Waals surface area contributed by atoms with Gasteiger partial charge in [-0.1, -0.05) is 12.1 Å². The number of H-pyrrole nitrogens is 1. The quantitative estimate of drug-likeness (QED) is 0.396. The number of aryl methyl sites for hydroxylation is 2. The molecule has 33 heavy (non-hydrogen) atoms. The van der Waals surface area contributed by atoms with Crippen molar-refractivity contribution in [2.24, 2.45) is 14.1 Å². The van der Waals surface area contributed by atoms with Crippen LogP contribution in [-0.4, -0.2) is 42.6 Å². The molecule has 0 bridgehead atoms. The number of rotatable bonds is 5. The van der Waals surface area contributed by atoms with Crippen LogP contribution in [0.25, 0.3) is 33.3 Å². The average molecular weight is 445 g/mol. The van der Waals surface area contributed by atoms with Gasteiger partial charge in [-0.25, -0.2) is 14.2 Å². The summed E-state index contributed by atoms with van der Waals surface area (Å²) in [7, 11) is 4.89. The van der Waals surface area contributed by atoms with Gasteiger partial charge >= 0.3 is 5.97 Å². The highest BCUT2D eigenvalue weighted by Crippen LogP contribution is 2.35. The van der Waals surface area contributed by atoms with Crippen LogP contribution in [0, 0.1) is 5.82 Å². The molecule has 5 rings (SSSR count). The van der Waals surface area contributed by atoms with Gasteiger partial charge in [0.05, 0.1) is 24.4 Å². The molecular formula is C23H20FN7O2. The number of methoxy groups -OCH3 is 1. The molecule has 5 aromatic rings. The van der Waals surface area contributed by atoms with Crippen LogP contribution in [0.2, 0.25) is 0 Å². The summed E-state index contributed by atoms with van der Waals surface area (Å²) in [6.07, 6.45) is 6.59. The zero-order valence-corrected chi connectivity index (χ0v) is 18.1. The molecule has 0 spiro atoms. The van der Waals surface area contributed by atoms with Crippen LogP contribution in [0.3, 0.4) is 0 Å². The molecule has 9 nitrogen and oxygen atoms in total. The normalized spacial score (nSPS) is 11.2. The number of nitrogens with one attached hydrogen (secondary N) is 2. The predicted octanol–water partition coefficient (Wildman–Crippen LogP) is 4.03. The number of aromatic nitrogens is 6. The van der Waals surface area contributed by atoms with Gasteiger partial charge in [0.25, 0.3) is 0 Å². The third-order valence-electron chi connectivity index (χ3n) is 5.34. The minimum atomic E-state index is -0.535. The number of nitrogens with zero attached hydrogens (tertiary/aromatic N) is 5. The van der Waals surface area contributed by atoms with Gasteiger partial charge in [-0.15, -0.1) is 0 Å². The van der Waals surface area contributed by atoms with E-state index >= 15 is 4.39 Å². The Morgan fingerprint density at radius 1 is 1.15 bits per heavy atom. The van der Waals surface area contributed by atoms with Crippen molar-refractivity contribution in [2.75, 3.05) is 12.4 Å². The maximum absolute atomic E-state index is 15.6. The van der Waals surface area contributed by atoms with Crippen LogP contribution in [-0.2, 0) is 18.8 Å². The molecule has 0 saturated carbocycles. The number of carbonyl (C=O) groups is 1. The van der Waals surface area contributed by atoms with E-state index in [1.165, 1.54) is 13.3 Å². The van der Waals surface area contributed by atoms with E-state index in [2.05, 4.69) is 25.5 Å². The third-order valence-corrected chi connectivity index (χ3v) is 5.34. The number of anilines is 2. The van der Waals surface area contributed by atoms with Crippen molar-refractivity contribution < 1.29 is 13.9 Å². The Kier molecular flexibility index (Phi) is 4.89. The van der Waals surface area contributed by atoms with Gasteiger partial charge < -0.3 is 15.0 Å². The number of fused-ring (bicyclic) bond motifs is 1. The van der Waals surface area contributed by atoms with Crippen molar-refractivity contribution in [2.45, 2.75) is 0 Å². The van der Waals surface area contributed by atoms with E-state index in [4.69, 9.17) is 4.74 Å². The topological polar surface area (TPSA) is 103 Å². The summed E-state index contributed by atoms with van der Waals surface area (Å²) in [6, 6.07) is 8.67. The first-order chi connectivity index (χ1) is 15.9. The second-order valence-corrected chi connectivity index (χ2v) is 7.55. The Hall–Kier alpha value is -4.47. The molecule has 0 unspecified atom stereocenters. The SMILES string of the molecule is COC(=O)c1cnc(Nc2ccn(C)n2)c2[nH]c(-c3cccc(-c4cnn(C)c4)c3F)cc12. The summed E-state index contributed by atoms with van der Waals surface area (Å²) in [6.45, 7) is 0. The number of hydrogen-bond donors (Lipinski definition) is 2. The fraction of sp³-hybridized carbons (Fsp3) is 0.130. The highest BCUT2D eigenvalue weighted by Gasteiger charge is 2.20. The molecule has 0 aliphatic carbocycles. The Bertz CT molecular complexity index is 1500. The van der Waals surface area contributed by atoms with Crippen LogP contribution in [0.1, 0.15) is 10.4 Å². The van der Waals surface area contributed by atoms with Crippen molar-refractivity contribution in [3.05, 3.63) is 66.5 Å². The highest BCUT2D eigenvalue weighted by atomic mass is 19.1. The number of hydrogen-bond acceptors (Lipinski definition) is 6. The number of esters is 1. The molecule has 0 saturated heterocycles. The smallest absolute Gasteiger partial charge is 0.340 e. The van der Waals surface area contributed by atoms with Crippen molar-refractivity contribution in [1.29, 1.82) is 0 Å².